The molecule has 0 bridgehead atoms. The minimum absolute atomic E-state index is 0.0769. The number of halogens is 1. The summed E-state index contributed by atoms with van der Waals surface area (Å²) >= 11 is 6.00. The number of rotatable bonds is 5. The van der Waals surface area contributed by atoms with Gasteiger partial charge in [-0.15, -0.1) is 0 Å². The number of benzene rings is 1. The quantitative estimate of drug-likeness (QED) is 0.549. The van der Waals surface area contributed by atoms with Gasteiger partial charge in [0, 0.05) is 44.1 Å². The van der Waals surface area contributed by atoms with Crippen LogP contribution in [-0.2, 0) is 19.9 Å². The van der Waals surface area contributed by atoms with Crippen molar-refractivity contribution in [1.82, 2.24) is 14.2 Å². The third kappa shape index (κ3) is 4.93. The zero-order valence-corrected chi connectivity index (χ0v) is 21.3. The minimum atomic E-state index is -3.74. The maximum absolute atomic E-state index is 13.2. The van der Waals surface area contributed by atoms with Crippen molar-refractivity contribution < 1.29 is 26.4 Å². The average molecular weight is 528 g/mol. The molecule has 184 valence electrons. The molecule has 0 atom stereocenters. The molecule has 0 aliphatic carbocycles. The summed E-state index contributed by atoms with van der Waals surface area (Å²) in [6.07, 6.45) is 3.17. The van der Waals surface area contributed by atoms with E-state index in [1.165, 1.54) is 41.7 Å². The van der Waals surface area contributed by atoms with Crippen molar-refractivity contribution in [3.8, 4) is 5.88 Å². The van der Waals surface area contributed by atoms with Gasteiger partial charge in [0.2, 0.25) is 15.9 Å². The second kappa shape index (κ2) is 9.10. The van der Waals surface area contributed by atoms with Crippen LogP contribution in [-0.4, -0.2) is 76.5 Å². The Morgan fingerprint density at radius 3 is 2.18 bits per heavy atom. The van der Waals surface area contributed by atoms with Crippen molar-refractivity contribution in [3.63, 3.8) is 0 Å². The largest absolute Gasteiger partial charge is 0.481 e. The summed E-state index contributed by atoms with van der Waals surface area (Å²) in [6, 6.07) is 8.38. The number of hydrogen-bond acceptors (Lipinski definition) is 7. The van der Waals surface area contributed by atoms with Gasteiger partial charge < -0.3 is 9.64 Å². The van der Waals surface area contributed by atoms with E-state index in [9.17, 15) is 21.6 Å². The Morgan fingerprint density at radius 1 is 1.00 bits per heavy atom. The first-order valence-corrected chi connectivity index (χ1v) is 14.5. The minimum Gasteiger partial charge on any atom is -0.481 e. The lowest BCUT2D eigenvalue weighted by Crippen LogP contribution is -2.44. The van der Waals surface area contributed by atoms with Gasteiger partial charge in [0.1, 0.15) is 5.15 Å². The summed E-state index contributed by atoms with van der Waals surface area (Å²) in [7, 11) is -5.69. The van der Waals surface area contributed by atoms with Gasteiger partial charge in [0.15, 0.2) is 9.84 Å². The fraction of sp³-hybridized carbons (Fsp3) is 0.455. The zero-order chi connectivity index (χ0) is 24.7. The summed E-state index contributed by atoms with van der Waals surface area (Å²) in [5.74, 6) is 0.108. The Bertz CT molecular complexity index is 1300. The first-order chi connectivity index (χ1) is 15.9. The Kier molecular flexibility index (Phi) is 6.67. The number of ether oxygens (including phenoxy) is 1. The number of pyridine rings is 1. The summed E-state index contributed by atoms with van der Waals surface area (Å²) < 4.78 is 56.2. The topological polar surface area (TPSA) is 114 Å². The molecule has 2 fully saturated rings. The Morgan fingerprint density at radius 2 is 1.59 bits per heavy atom. The van der Waals surface area contributed by atoms with Crippen LogP contribution in [0.25, 0.3) is 0 Å². The molecule has 1 spiro atoms. The van der Waals surface area contributed by atoms with E-state index in [2.05, 4.69) is 4.98 Å². The van der Waals surface area contributed by atoms with E-state index in [1.54, 1.807) is 11.0 Å². The van der Waals surface area contributed by atoms with Crippen molar-refractivity contribution in [2.75, 3.05) is 39.5 Å². The molecule has 0 saturated carbocycles. The number of carbonyl (C=O) groups is 1. The number of sulfone groups is 1. The standard InChI is InChI=1S/C22H26ClN3O6S2/c1-32-20-14-16(13-19(23)24-20)21(27)25-10-7-22(8-11-25)9-12-26(15-22)34(30,31)18-5-3-17(4-6-18)33(2,28)29/h3-6,13-14H,7-12,15H2,1-2H3. The van der Waals surface area contributed by atoms with Crippen LogP contribution in [0.1, 0.15) is 29.6 Å². The number of nitrogens with zero attached hydrogens (tertiary/aromatic N) is 3. The fourth-order valence-corrected chi connectivity index (χ4v) is 6.97. The fourth-order valence-electron chi connectivity index (χ4n) is 4.58. The highest BCUT2D eigenvalue weighted by Gasteiger charge is 2.45. The molecular weight excluding hydrogens is 502 g/mol. The van der Waals surface area contributed by atoms with Gasteiger partial charge in [-0.1, -0.05) is 11.6 Å². The van der Waals surface area contributed by atoms with Crippen LogP contribution in [0.15, 0.2) is 46.2 Å². The molecular formula is C22H26ClN3O6S2. The van der Waals surface area contributed by atoms with E-state index >= 15 is 0 Å². The highest BCUT2D eigenvalue weighted by atomic mass is 35.5. The first-order valence-electron chi connectivity index (χ1n) is 10.7. The number of amides is 1. The Labute approximate surface area is 204 Å². The SMILES string of the molecule is COc1cc(C(=O)N2CCC3(CC2)CCN(S(=O)(=O)c2ccc(S(C)(=O)=O)cc2)C3)cc(Cl)n1. The van der Waals surface area contributed by atoms with Crippen molar-refractivity contribution in [3.05, 3.63) is 47.1 Å². The van der Waals surface area contributed by atoms with Crippen molar-refractivity contribution in [2.24, 2.45) is 5.41 Å². The number of carbonyl (C=O) groups excluding carboxylic acids is 1. The van der Waals surface area contributed by atoms with Crippen LogP contribution in [0, 0.1) is 5.41 Å². The number of piperidine rings is 1. The normalized spacial score (nSPS) is 18.9. The number of aromatic nitrogens is 1. The molecule has 2 aliphatic heterocycles. The molecule has 0 radical (unpaired) electrons. The summed E-state index contributed by atoms with van der Waals surface area (Å²) in [4.78, 5) is 18.9. The molecule has 3 heterocycles. The predicted molar refractivity (Wildman–Crippen MR) is 126 cm³/mol. The van der Waals surface area contributed by atoms with Crippen LogP contribution in [0.4, 0.5) is 0 Å². The third-order valence-electron chi connectivity index (χ3n) is 6.63. The van der Waals surface area contributed by atoms with Gasteiger partial charge in [-0.25, -0.2) is 21.8 Å². The molecule has 2 aromatic rings. The van der Waals surface area contributed by atoms with Crippen LogP contribution in [0.2, 0.25) is 5.15 Å². The van der Waals surface area contributed by atoms with Crippen LogP contribution >= 0.6 is 11.6 Å². The smallest absolute Gasteiger partial charge is 0.254 e. The van der Waals surface area contributed by atoms with Crippen LogP contribution in [0.5, 0.6) is 5.88 Å². The van der Waals surface area contributed by atoms with Crippen LogP contribution < -0.4 is 4.74 Å². The Hall–Kier alpha value is -2.21. The van der Waals surface area contributed by atoms with Gasteiger partial charge in [0.05, 0.1) is 16.9 Å². The van der Waals surface area contributed by atoms with Crippen molar-refractivity contribution >= 4 is 37.4 Å². The average Bonchev–Trinajstić information content (AvgIpc) is 3.22. The van der Waals surface area contributed by atoms with E-state index in [0.717, 1.165) is 6.26 Å². The molecule has 34 heavy (non-hydrogen) atoms. The number of sulfonamides is 1. The molecule has 0 N–H and O–H groups in total. The lowest BCUT2D eigenvalue weighted by Gasteiger charge is -2.39. The summed E-state index contributed by atoms with van der Waals surface area (Å²) in [5.41, 5.74) is 0.213. The van der Waals surface area contributed by atoms with E-state index < -0.39 is 19.9 Å². The molecule has 1 amide bonds. The van der Waals surface area contributed by atoms with Gasteiger partial charge in [-0.3, -0.25) is 4.79 Å². The van der Waals surface area contributed by atoms with E-state index in [4.69, 9.17) is 16.3 Å². The third-order valence-corrected chi connectivity index (χ3v) is 9.81. The number of likely N-dealkylation sites (tertiary alicyclic amines) is 1. The maximum Gasteiger partial charge on any atom is 0.254 e. The van der Waals surface area contributed by atoms with Crippen LogP contribution in [0.3, 0.4) is 0 Å². The molecule has 1 aromatic heterocycles. The van der Waals surface area contributed by atoms with Gasteiger partial charge in [-0.05, 0) is 55.0 Å². The van der Waals surface area contributed by atoms with E-state index in [-0.39, 0.29) is 32.1 Å². The molecule has 4 rings (SSSR count). The monoisotopic (exact) mass is 527 g/mol. The van der Waals surface area contributed by atoms with Crippen molar-refractivity contribution in [1.29, 1.82) is 0 Å². The van der Waals surface area contributed by atoms with Gasteiger partial charge in [0.25, 0.3) is 5.91 Å². The second-order valence-electron chi connectivity index (χ2n) is 8.85. The number of methoxy groups -OCH3 is 1. The highest BCUT2D eigenvalue weighted by Crippen LogP contribution is 2.42. The van der Waals surface area contributed by atoms with Gasteiger partial charge >= 0.3 is 0 Å². The molecule has 1 aromatic carbocycles. The van der Waals surface area contributed by atoms with Crippen molar-refractivity contribution in [2.45, 2.75) is 29.1 Å². The molecule has 12 heteroatoms. The predicted octanol–water partition coefficient (Wildman–Crippen LogP) is 2.46. The highest BCUT2D eigenvalue weighted by molar-refractivity contribution is 7.90. The number of hydrogen-bond donors (Lipinski definition) is 0. The molecule has 9 nitrogen and oxygen atoms in total. The molecule has 2 saturated heterocycles. The zero-order valence-electron chi connectivity index (χ0n) is 18.9. The lowest BCUT2D eigenvalue weighted by atomic mass is 9.78. The summed E-state index contributed by atoms with van der Waals surface area (Å²) in [6.45, 7) is 1.79. The molecule has 2 aliphatic rings. The van der Waals surface area contributed by atoms with Gasteiger partial charge in [-0.2, -0.15) is 4.31 Å². The van der Waals surface area contributed by atoms with E-state index in [1.807, 2.05) is 0 Å². The summed E-state index contributed by atoms with van der Waals surface area (Å²) in [5, 5.41) is 0.178. The Balaban J connectivity index is 1.43. The maximum atomic E-state index is 13.2. The second-order valence-corrected chi connectivity index (χ2v) is 13.2. The van der Waals surface area contributed by atoms with E-state index in [0.29, 0.717) is 51.0 Å². The molecule has 0 unspecified atom stereocenters. The lowest BCUT2D eigenvalue weighted by molar-refractivity contribution is 0.0599. The first kappa shape index (κ1) is 24.9.